The molecule has 27 heavy (non-hydrogen) atoms. The summed E-state index contributed by atoms with van der Waals surface area (Å²) in [6.45, 7) is 2.45. The minimum Gasteiger partial charge on any atom is -0.312 e. The molecule has 4 rings (SSSR count). The molecular formula is C22H24N4O. The van der Waals surface area contributed by atoms with E-state index in [9.17, 15) is 4.79 Å². The highest BCUT2D eigenvalue weighted by Gasteiger charge is 2.31. The highest BCUT2D eigenvalue weighted by molar-refractivity contribution is 5.95. The number of nitrogens with one attached hydrogen (secondary N) is 1. The second kappa shape index (κ2) is 7.76. The Balaban J connectivity index is 1.34. The highest BCUT2D eigenvalue weighted by atomic mass is 16.2. The molecule has 1 aliphatic heterocycles. The van der Waals surface area contributed by atoms with Gasteiger partial charge in [0.1, 0.15) is 0 Å². The van der Waals surface area contributed by atoms with E-state index in [0.717, 1.165) is 42.3 Å². The fourth-order valence-corrected chi connectivity index (χ4v) is 3.76. The van der Waals surface area contributed by atoms with Gasteiger partial charge in [-0.05, 0) is 31.2 Å². The smallest absolute Gasteiger partial charge is 0.227 e. The van der Waals surface area contributed by atoms with Crippen LogP contribution < -0.4 is 4.90 Å². The van der Waals surface area contributed by atoms with Crippen LogP contribution in [0.25, 0.3) is 11.3 Å². The summed E-state index contributed by atoms with van der Waals surface area (Å²) in [5, 5.41) is 7.56. The van der Waals surface area contributed by atoms with Crippen LogP contribution >= 0.6 is 0 Å². The van der Waals surface area contributed by atoms with Crippen LogP contribution in [0.1, 0.15) is 12.1 Å². The molecule has 1 N–H and O–H groups in total. The number of nitrogens with zero attached hydrogens (tertiary/aromatic N) is 3. The van der Waals surface area contributed by atoms with Crippen molar-refractivity contribution in [3.63, 3.8) is 0 Å². The average molecular weight is 360 g/mol. The lowest BCUT2D eigenvalue weighted by Gasteiger charge is -2.21. The van der Waals surface area contributed by atoms with Gasteiger partial charge in [0.05, 0.1) is 5.69 Å². The zero-order valence-corrected chi connectivity index (χ0v) is 15.5. The van der Waals surface area contributed by atoms with Crippen molar-refractivity contribution in [1.82, 2.24) is 15.1 Å². The number of para-hydroxylation sites is 1. The van der Waals surface area contributed by atoms with Crippen LogP contribution in [0.5, 0.6) is 0 Å². The molecule has 1 unspecified atom stereocenters. The molecule has 3 aromatic rings. The monoisotopic (exact) mass is 360 g/mol. The Hall–Kier alpha value is -2.92. The number of amides is 1. The topological polar surface area (TPSA) is 52.2 Å². The number of anilines is 1. The molecule has 1 saturated heterocycles. The summed E-state index contributed by atoms with van der Waals surface area (Å²) in [6.07, 6.45) is 0.609. The Morgan fingerprint density at radius 2 is 1.81 bits per heavy atom. The molecule has 2 aromatic carbocycles. The molecule has 1 amide bonds. The molecule has 5 heteroatoms. The van der Waals surface area contributed by atoms with Crippen molar-refractivity contribution in [3.8, 4) is 11.3 Å². The van der Waals surface area contributed by atoms with Crippen LogP contribution in [0.4, 0.5) is 5.69 Å². The lowest BCUT2D eigenvalue weighted by atomic mass is 10.1. The van der Waals surface area contributed by atoms with Crippen LogP contribution in [0.15, 0.2) is 66.7 Å². The predicted molar refractivity (Wildman–Crippen MR) is 107 cm³/mol. The van der Waals surface area contributed by atoms with Gasteiger partial charge in [0.15, 0.2) is 0 Å². The number of benzene rings is 2. The van der Waals surface area contributed by atoms with Crippen LogP contribution in [0.3, 0.4) is 0 Å². The Morgan fingerprint density at radius 3 is 2.56 bits per heavy atom. The summed E-state index contributed by atoms with van der Waals surface area (Å²) in [5.74, 6) is 0.562. The number of hydrogen-bond donors (Lipinski definition) is 1. The van der Waals surface area contributed by atoms with Gasteiger partial charge in [-0.15, -0.1) is 0 Å². The first-order valence-corrected chi connectivity index (χ1v) is 9.33. The first kappa shape index (κ1) is 17.5. The van der Waals surface area contributed by atoms with Crippen molar-refractivity contribution in [2.24, 2.45) is 5.92 Å². The standard InChI is InChI=1S/C22H24N4O/c1-25(16-19-13-21(24-23-19)18-8-4-2-5-9-18)14-17-12-22(27)26(15-17)20-10-6-3-7-11-20/h2-11,13,17H,12,14-16H2,1H3,(H,23,24). The Kier molecular flexibility index (Phi) is 5.03. The SMILES string of the molecule is CN(Cc1cc(-c2ccccc2)n[nH]1)CC1CC(=O)N(c2ccccc2)C1. The van der Waals surface area contributed by atoms with Gasteiger partial charge in [0.25, 0.3) is 0 Å². The number of carbonyl (C=O) groups is 1. The summed E-state index contributed by atoms with van der Waals surface area (Å²) >= 11 is 0. The van der Waals surface area contributed by atoms with E-state index in [1.54, 1.807) is 0 Å². The minimum atomic E-state index is 0.215. The van der Waals surface area contributed by atoms with E-state index in [1.165, 1.54) is 0 Å². The lowest BCUT2D eigenvalue weighted by Crippen LogP contribution is -2.28. The van der Waals surface area contributed by atoms with Crippen LogP contribution in [-0.4, -0.2) is 41.1 Å². The quantitative estimate of drug-likeness (QED) is 0.731. The Morgan fingerprint density at radius 1 is 1.11 bits per heavy atom. The van der Waals surface area contributed by atoms with E-state index in [2.05, 4.69) is 40.3 Å². The Bertz CT molecular complexity index is 891. The van der Waals surface area contributed by atoms with Gasteiger partial charge in [0, 0.05) is 43.0 Å². The van der Waals surface area contributed by atoms with E-state index in [1.807, 2.05) is 53.4 Å². The third kappa shape index (κ3) is 4.09. The van der Waals surface area contributed by atoms with Crippen LogP contribution in [-0.2, 0) is 11.3 Å². The van der Waals surface area contributed by atoms with Crippen molar-refractivity contribution in [3.05, 3.63) is 72.4 Å². The number of hydrogen-bond acceptors (Lipinski definition) is 3. The molecule has 0 aliphatic carbocycles. The maximum absolute atomic E-state index is 12.4. The zero-order chi connectivity index (χ0) is 18.6. The summed E-state index contributed by atoms with van der Waals surface area (Å²) in [6, 6.07) is 22.2. The molecule has 138 valence electrons. The Labute approximate surface area is 159 Å². The maximum Gasteiger partial charge on any atom is 0.227 e. The minimum absolute atomic E-state index is 0.215. The molecule has 0 bridgehead atoms. The fourth-order valence-electron chi connectivity index (χ4n) is 3.76. The molecular weight excluding hydrogens is 336 g/mol. The number of carbonyl (C=O) groups excluding carboxylic acids is 1. The van der Waals surface area contributed by atoms with Gasteiger partial charge in [-0.25, -0.2) is 0 Å². The first-order chi connectivity index (χ1) is 13.2. The maximum atomic E-state index is 12.4. The first-order valence-electron chi connectivity index (χ1n) is 9.33. The third-order valence-electron chi connectivity index (χ3n) is 4.98. The van der Waals surface area contributed by atoms with Gasteiger partial charge in [-0.2, -0.15) is 5.10 Å². The normalized spacial score (nSPS) is 17.0. The van der Waals surface area contributed by atoms with Gasteiger partial charge in [-0.3, -0.25) is 9.89 Å². The number of rotatable bonds is 6. The van der Waals surface area contributed by atoms with Gasteiger partial charge >= 0.3 is 0 Å². The molecule has 1 aliphatic rings. The van der Waals surface area contributed by atoms with Crippen LogP contribution in [0.2, 0.25) is 0 Å². The van der Waals surface area contributed by atoms with E-state index < -0.39 is 0 Å². The summed E-state index contributed by atoms with van der Waals surface area (Å²) in [4.78, 5) is 16.5. The molecule has 2 heterocycles. The number of aromatic nitrogens is 2. The van der Waals surface area contributed by atoms with Gasteiger partial charge in [0.2, 0.25) is 5.91 Å². The van der Waals surface area contributed by atoms with Gasteiger partial charge in [-0.1, -0.05) is 48.5 Å². The average Bonchev–Trinajstić information content (AvgIpc) is 3.29. The second-order valence-corrected chi connectivity index (χ2v) is 7.25. The predicted octanol–water partition coefficient (Wildman–Crippen LogP) is 3.56. The largest absolute Gasteiger partial charge is 0.312 e. The third-order valence-corrected chi connectivity index (χ3v) is 4.98. The molecule has 5 nitrogen and oxygen atoms in total. The molecule has 0 spiro atoms. The van der Waals surface area contributed by atoms with Crippen molar-refractivity contribution in [1.29, 1.82) is 0 Å². The van der Waals surface area contributed by atoms with E-state index in [4.69, 9.17) is 0 Å². The van der Waals surface area contributed by atoms with Crippen molar-refractivity contribution >= 4 is 11.6 Å². The fraction of sp³-hybridized carbons (Fsp3) is 0.273. The summed E-state index contributed by atoms with van der Waals surface area (Å²) in [5.41, 5.74) is 4.15. The van der Waals surface area contributed by atoms with Crippen molar-refractivity contribution in [2.45, 2.75) is 13.0 Å². The van der Waals surface area contributed by atoms with Crippen LogP contribution in [0, 0.1) is 5.92 Å². The van der Waals surface area contributed by atoms with Crippen molar-refractivity contribution < 1.29 is 4.79 Å². The number of H-pyrrole nitrogens is 1. The molecule has 1 atom stereocenters. The van der Waals surface area contributed by atoms with Gasteiger partial charge < -0.3 is 9.80 Å². The molecule has 1 aromatic heterocycles. The molecule has 0 radical (unpaired) electrons. The molecule has 0 saturated carbocycles. The summed E-state index contributed by atoms with van der Waals surface area (Å²) in [7, 11) is 2.10. The summed E-state index contributed by atoms with van der Waals surface area (Å²) < 4.78 is 0. The highest BCUT2D eigenvalue weighted by Crippen LogP contribution is 2.25. The van der Waals surface area contributed by atoms with E-state index in [-0.39, 0.29) is 5.91 Å². The van der Waals surface area contributed by atoms with E-state index in [0.29, 0.717) is 12.3 Å². The van der Waals surface area contributed by atoms with E-state index >= 15 is 0 Å². The van der Waals surface area contributed by atoms with Crippen molar-refractivity contribution in [2.75, 3.05) is 25.0 Å². The lowest BCUT2D eigenvalue weighted by molar-refractivity contribution is -0.117. The zero-order valence-electron chi connectivity index (χ0n) is 15.5. The second-order valence-electron chi connectivity index (χ2n) is 7.25. The molecule has 1 fully saturated rings. The number of aromatic amines is 1.